The van der Waals surface area contributed by atoms with Crippen LogP contribution in [0.1, 0.15) is 59.8 Å². The molecule has 196 valence electrons. The first-order chi connectivity index (χ1) is 17.9. The van der Waals surface area contributed by atoms with Crippen LogP contribution in [0.5, 0.6) is 0 Å². The van der Waals surface area contributed by atoms with Crippen molar-refractivity contribution in [1.29, 1.82) is 0 Å². The largest absolute Gasteiger partial charge is 0.481 e. The quantitative estimate of drug-likeness (QED) is 0.290. The number of carboxylic acids is 1. The zero-order valence-electron chi connectivity index (χ0n) is 20.3. The Labute approximate surface area is 223 Å². The number of aromatic nitrogens is 2. The maximum Gasteiger partial charge on any atom is 0.303 e. The lowest BCUT2D eigenvalue weighted by molar-refractivity contribution is -0.245. The van der Waals surface area contributed by atoms with E-state index in [4.69, 9.17) is 14.6 Å². The van der Waals surface area contributed by atoms with Gasteiger partial charge >= 0.3 is 5.97 Å². The molecule has 1 fully saturated rings. The second-order valence-electron chi connectivity index (χ2n) is 8.67. The van der Waals surface area contributed by atoms with Crippen molar-refractivity contribution in [2.75, 3.05) is 11.1 Å². The molecule has 1 aromatic heterocycles. The number of carbonyl (C=O) groups is 2. The highest BCUT2D eigenvalue weighted by molar-refractivity contribution is 8.01. The van der Waals surface area contributed by atoms with E-state index in [-0.39, 0.29) is 44.0 Å². The van der Waals surface area contributed by atoms with Crippen molar-refractivity contribution >= 4 is 40.7 Å². The highest BCUT2D eigenvalue weighted by Crippen LogP contribution is 2.40. The van der Waals surface area contributed by atoms with Gasteiger partial charge in [0.1, 0.15) is 5.01 Å². The van der Waals surface area contributed by atoms with Crippen molar-refractivity contribution in [3.05, 3.63) is 70.2 Å². The Kier molecular flexibility index (Phi) is 9.64. The molecule has 3 N–H and O–H groups in total. The number of nitrogens with one attached hydrogen (secondary N) is 1. The summed E-state index contributed by atoms with van der Waals surface area (Å²) in [6.07, 6.45) is 0.0192. The number of carboxylic acid groups (broad SMARTS) is 1. The van der Waals surface area contributed by atoms with Crippen LogP contribution in [-0.2, 0) is 25.7 Å². The lowest BCUT2D eigenvalue weighted by Crippen LogP contribution is -2.31. The van der Waals surface area contributed by atoms with E-state index in [2.05, 4.69) is 15.5 Å². The fourth-order valence-corrected chi connectivity index (χ4v) is 5.77. The van der Waals surface area contributed by atoms with Gasteiger partial charge < -0.3 is 25.0 Å². The first kappa shape index (κ1) is 27.2. The molecule has 4 rings (SSSR count). The average Bonchev–Trinajstić information content (AvgIpc) is 3.32. The minimum Gasteiger partial charge on any atom is -0.481 e. The number of nitrogens with zero attached hydrogens (tertiary/aromatic N) is 2. The first-order valence-electron chi connectivity index (χ1n) is 11.9. The van der Waals surface area contributed by atoms with Crippen LogP contribution in [0.15, 0.2) is 52.9 Å². The number of hydrogen-bond acceptors (Lipinski definition) is 9. The van der Waals surface area contributed by atoms with Crippen molar-refractivity contribution in [2.24, 2.45) is 0 Å². The van der Waals surface area contributed by atoms with Gasteiger partial charge in [0.25, 0.3) is 0 Å². The molecule has 2 aromatic carbocycles. The van der Waals surface area contributed by atoms with E-state index < -0.39 is 12.3 Å². The van der Waals surface area contributed by atoms with Crippen molar-refractivity contribution in [3.63, 3.8) is 0 Å². The molecule has 3 atom stereocenters. The number of anilines is 1. The lowest BCUT2D eigenvalue weighted by atomic mass is 10.0. The van der Waals surface area contributed by atoms with Crippen molar-refractivity contribution in [3.8, 4) is 0 Å². The summed E-state index contributed by atoms with van der Waals surface area (Å²) in [5.74, 6) is -0.483. The van der Waals surface area contributed by atoms with Crippen LogP contribution < -0.4 is 5.32 Å². The number of amides is 1. The normalized spacial score (nSPS) is 19.5. The predicted molar refractivity (Wildman–Crippen MR) is 140 cm³/mol. The van der Waals surface area contributed by atoms with Gasteiger partial charge in [-0.2, -0.15) is 0 Å². The third-order valence-corrected chi connectivity index (χ3v) is 7.86. The molecule has 11 heteroatoms. The van der Waals surface area contributed by atoms with Crippen LogP contribution in [0.2, 0.25) is 0 Å². The molecule has 9 nitrogen and oxygen atoms in total. The van der Waals surface area contributed by atoms with Gasteiger partial charge in [0.2, 0.25) is 5.91 Å². The molecule has 0 aliphatic carbocycles. The number of hydrogen-bond donors (Lipinski definition) is 3. The molecule has 0 unspecified atom stereocenters. The molecule has 1 amide bonds. The predicted octanol–water partition coefficient (Wildman–Crippen LogP) is 4.87. The number of thioether (sulfide) groups is 1. The topological polar surface area (TPSA) is 131 Å². The molecule has 37 heavy (non-hydrogen) atoms. The Morgan fingerprint density at radius 3 is 2.62 bits per heavy atom. The van der Waals surface area contributed by atoms with E-state index in [9.17, 15) is 14.7 Å². The molecular formula is C26H29N3O6S2. The number of aliphatic carboxylic acids is 1. The number of rotatable bonds is 11. The third kappa shape index (κ3) is 8.08. The maximum atomic E-state index is 12.2. The Bertz CT molecular complexity index is 1200. The molecule has 3 aromatic rings. The zero-order chi connectivity index (χ0) is 26.2. The van der Waals surface area contributed by atoms with Gasteiger partial charge in [-0.15, -0.1) is 10.2 Å². The highest BCUT2D eigenvalue weighted by Gasteiger charge is 2.32. The maximum absolute atomic E-state index is 12.2. The van der Waals surface area contributed by atoms with Gasteiger partial charge in [-0.05, 0) is 36.6 Å². The summed E-state index contributed by atoms with van der Waals surface area (Å²) in [6, 6.07) is 15.0. The van der Waals surface area contributed by atoms with Crippen molar-refractivity contribution < 1.29 is 29.3 Å². The zero-order valence-corrected chi connectivity index (χ0v) is 22.0. The van der Waals surface area contributed by atoms with E-state index in [0.29, 0.717) is 17.9 Å². The Hall–Kier alpha value is -2.83. The number of aliphatic hydroxyl groups excluding tert-OH is 1. The minimum atomic E-state index is -0.920. The van der Waals surface area contributed by atoms with Gasteiger partial charge in [0.05, 0.1) is 18.8 Å². The van der Waals surface area contributed by atoms with E-state index in [1.165, 1.54) is 0 Å². The molecular weight excluding hydrogens is 514 g/mol. The van der Waals surface area contributed by atoms with Crippen LogP contribution in [-0.4, -0.2) is 44.1 Å². The van der Waals surface area contributed by atoms with E-state index >= 15 is 0 Å². The summed E-state index contributed by atoms with van der Waals surface area (Å²) in [5.41, 5.74) is 3.18. The van der Waals surface area contributed by atoms with Crippen LogP contribution >= 0.6 is 23.1 Å². The van der Waals surface area contributed by atoms with Crippen LogP contribution in [0.4, 0.5) is 5.69 Å². The molecule has 0 bridgehead atoms. The summed E-state index contributed by atoms with van der Waals surface area (Å²) in [5, 5.41) is 30.2. The summed E-state index contributed by atoms with van der Waals surface area (Å²) >= 11 is 3.15. The number of aryl methyl sites for hydroxylation is 1. The second-order valence-corrected chi connectivity index (χ2v) is 11.1. The molecule has 1 saturated heterocycles. The van der Waals surface area contributed by atoms with Crippen molar-refractivity contribution in [2.45, 2.75) is 62.1 Å². The van der Waals surface area contributed by atoms with Gasteiger partial charge in [-0.1, -0.05) is 59.5 Å². The first-order valence-corrected chi connectivity index (χ1v) is 13.7. The minimum absolute atomic E-state index is 0.0209. The summed E-state index contributed by atoms with van der Waals surface area (Å²) in [4.78, 5) is 22.9. The fourth-order valence-electron chi connectivity index (χ4n) is 3.91. The molecule has 1 aliphatic heterocycles. The fraction of sp³-hybridized carbons (Fsp3) is 0.385. The Morgan fingerprint density at radius 2 is 1.92 bits per heavy atom. The molecule has 0 radical (unpaired) electrons. The van der Waals surface area contributed by atoms with Gasteiger partial charge in [0.15, 0.2) is 10.6 Å². The van der Waals surface area contributed by atoms with E-state index in [1.807, 2.05) is 49.4 Å². The van der Waals surface area contributed by atoms with Crippen LogP contribution in [0.3, 0.4) is 0 Å². The lowest BCUT2D eigenvalue weighted by Gasteiger charge is -2.36. The average molecular weight is 544 g/mol. The van der Waals surface area contributed by atoms with Crippen molar-refractivity contribution in [1.82, 2.24) is 10.2 Å². The highest BCUT2D eigenvalue weighted by atomic mass is 32.2. The Morgan fingerprint density at radius 1 is 1.11 bits per heavy atom. The van der Waals surface area contributed by atoms with Gasteiger partial charge in [0, 0.05) is 36.3 Å². The van der Waals surface area contributed by atoms with Crippen LogP contribution in [0.25, 0.3) is 0 Å². The number of benzene rings is 2. The number of ether oxygens (including phenoxy) is 2. The molecule has 1 aliphatic rings. The molecule has 0 spiro atoms. The molecule has 2 heterocycles. The van der Waals surface area contributed by atoms with Gasteiger partial charge in [-0.3, -0.25) is 9.59 Å². The van der Waals surface area contributed by atoms with Gasteiger partial charge in [-0.25, -0.2) is 0 Å². The van der Waals surface area contributed by atoms with Crippen LogP contribution in [0, 0.1) is 6.92 Å². The third-order valence-electron chi connectivity index (χ3n) is 5.75. The summed E-state index contributed by atoms with van der Waals surface area (Å²) in [7, 11) is 0. The summed E-state index contributed by atoms with van der Waals surface area (Å²) in [6.45, 7) is 1.90. The monoisotopic (exact) mass is 543 g/mol. The SMILES string of the molecule is Cc1nnc(SC[C@@H]2C[C@H](c3ccc(CO)cc3)O[C@H](c3cccc(NC(=O)CCCC(=O)O)c3)O2)s1. The van der Waals surface area contributed by atoms with E-state index in [0.717, 1.165) is 26.0 Å². The number of aliphatic hydroxyl groups is 1. The Balaban J connectivity index is 1.48. The standard InChI is InChI=1S/C26H29N3O6S2/c1-16-28-29-26(37-16)36-15-21-13-22(18-10-8-17(14-30)9-11-18)35-25(34-21)19-4-2-5-20(12-19)27-23(31)6-3-7-24(32)33/h2,4-5,8-12,21-22,25,30H,3,6-7,13-15H2,1H3,(H,27,31)(H,32,33)/t21-,22+,25+/m0/s1. The van der Waals surface area contributed by atoms with E-state index in [1.54, 1.807) is 29.2 Å². The smallest absolute Gasteiger partial charge is 0.303 e. The second kappa shape index (κ2) is 13.1. The molecule has 0 saturated carbocycles. The number of carbonyl (C=O) groups excluding carboxylic acids is 1. The summed E-state index contributed by atoms with van der Waals surface area (Å²) < 4.78 is 13.6.